The normalized spacial score (nSPS) is 12.3. The maximum atomic E-state index is 13.9. The van der Waals surface area contributed by atoms with Crippen molar-refractivity contribution in [3.8, 4) is 45.6 Å². The molecule has 0 fully saturated rings. The van der Waals surface area contributed by atoms with Crippen molar-refractivity contribution in [2.24, 2.45) is 0 Å². The monoisotopic (exact) mass is 852 g/mol. The largest absolute Gasteiger partial charge is 0.324 e. The summed E-state index contributed by atoms with van der Waals surface area (Å²) in [6, 6.07) is 38.8. The molecule has 302 valence electrons. The molecule has 0 radical (unpaired) electrons. The Bertz CT molecular complexity index is 3760. The van der Waals surface area contributed by atoms with Gasteiger partial charge in [0.1, 0.15) is 22.6 Å². The van der Waals surface area contributed by atoms with Crippen molar-refractivity contribution < 1.29 is 16.8 Å². The standard InChI is InChI=1S/C46H32N10O4S2/c1-25-11-15-27(16-12-25)55-61(57,58)29-19-21-35-37(23-29)45-52-43(35)50-41-33-9-5-3-7-31(33)39(48-41)47-40-32-8-4-6-10-34(32)42(49-40)51-44-36-22-20-30(24-38(36)46(53-44)54-45)62(59,60)56-28-17-13-26(2)14-18-28/h3-24,55-56H,1-2H3,(H2,47,48,49,50,51,52,53,54). The molecule has 0 aliphatic carbocycles. The van der Waals surface area contributed by atoms with Crippen LogP contribution in [0.15, 0.2) is 143 Å². The van der Waals surface area contributed by atoms with Crippen LogP contribution >= 0.6 is 0 Å². The van der Waals surface area contributed by atoms with Crippen LogP contribution in [0.3, 0.4) is 0 Å². The number of anilines is 2. The summed E-state index contributed by atoms with van der Waals surface area (Å²) in [5.41, 5.74) is 6.81. The van der Waals surface area contributed by atoms with E-state index >= 15 is 0 Å². The molecule has 0 saturated heterocycles. The van der Waals surface area contributed by atoms with E-state index in [2.05, 4.69) is 19.4 Å². The maximum absolute atomic E-state index is 13.9. The number of aromatic amines is 2. The highest BCUT2D eigenvalue weighted by atomic mass is 32.2. The van der Waals surface area contributed by atoms with E-state index in [-0.39, 0.29) is 27.1 Å². The lowest BCUT2D eigenvalue weighted by atomic mass is 10.1. The average molecular weight is 853 g/mol. The van der Waals surface area contributed by atoms with E-state index in [1.807, 2.05) is 86.6 Å². The molecule has 2 aliphatic heterocycles. The smallest absolute Gasteiger partial charge is 0.261 e. The molecule has 5 heterocycles. The van der Waals surface area contributed by atoms with Crippen molar-refractivity contribution in [2.45, 2.75) is 23.6 Å². The van der Waals surface area contributed by atoms with Crippen LogP contribution in [0.25, 0.3) is 89.7 Å². The summed E-state index contributed by atoms with van der Waals surface area (Å²) in [4.78, 5) is 36.6. The van der Waals surface area contributed by atoms with Gasteiger partial charge in [-0.1, -0.05) is 83.9 Å². The Balaban J connectivity index is 1.20. The number of nitrogens with zero attached hydrogens (tertiary/aromatic N) is 6. The average Bonchev–Trinajstić information content (AvgIpc) is 4.00. The lowest BCUT2D eigenvalue weighted by Gasteiger charge is -2.09. The third-order valence-corrected chi connectivity index (χ3v) is 13.6. The van der Waals surface area contributed by atoms with Gasteiger partial charge in [0.05, 0.1) is 9.79 Å². The van der Waals surface area contributed by atoms with E-state index in [9.17, 15) is 16.8 Å². The Hall–Kier alpha value is -7.82. The summed E-state index contributed by atoms with van der Waals surface area (Å²) in [6.07, 6.45) is 0. The Morgan fingerprint density at radius 1 is 0.387 bits per heavy atom. The molecule has 0 spiro atoms. The summed E-state index contributed by atoms with van der Waals surface area (Å²) in [6.45, 7) is 3.84. The highest BCUT2D eigenvalue weighted by Crippen LogP contribution is 2.38. The minimum absolute atomic E-state index is 0.0165. The van der Waals surface area contributed by atoms with Gasteiger partial charge in [0.2, 0.25) is 0 Å². The summed E-state index contributed by atoms with van der Waals surface area (Å²) in [5.74, 6) is 1.23. The van der Waals surface area contributed by atoms with Gasteiger partial charge in [0.15, 0.2) is 23.3 Å². The van der Waals surface area contributed by atoms with Gasteiger partial charge in [-0.15, -0.1) is 0 Å². The molecule has 14 nitrogen and oxygen atoms in total. The predicted octanol–water partition coefficient (Wildman–Crippen LogP) is 9.09. The van der Waals surface area contributed by atoms with Gasteiger partial charge in [-0.2, -0.15) is 0 Å². The van der Waals surface area contributed by atoms with Gasteiger partial charge < -0.3 is 9.97 Å². The lowest BCUT2D eigenvalue weighted by Crippen LogP contribution is -2.13. The summed E-state index contributed by atoms with van der Waals surface area (Å²) >= 11 is 0. The minimum Gasteiger partial charge on any atom is -0.324 e. The van der Waals surface area contributed by atoms with Crippen LogP contribution in [0.4, 0.5) is 11.4 Å². The van der Waals surface area contributed by atoms with Crippen LogP contribution < -0.4 is 9.44 Å². The van der Waals surface area contributed by atoms with E-state index in [1.54, 1.807) is 36.4 Å². The minimum atomic E-state index is -4.08. The molecule has 16 heteroatoms. The molecule has 2 aliphatic rings. The SMILES string of the molecule is Cc1ccc(NS(=O)(=O)c2ccc3c(c2)-c2nc-3nc3[nH]c(nc4nc(nc5[nH]c(n2)c2cc(S(=O)(=O)Nc6ccc(C)cc6)ccc52)-c2ccccc2-4)c2ccccc32)cc1. The van der Waals surface area contributed by atoms with Gasteiger partial charge in [-0.3, -0.25) is 9.44 Å². The first-order valence-electron chi connectivity index (χ1n) is 19.4. The zero-order valence-electron chi connectivity index (χ0n) is 32.8. The fourth-order valence-corrected chi connectivity index (χ4v) is 9.83. The Kier molecular flexibility index (Phi) is 8.32. The van der Waals surface area contributed by atoms with Crippen molar-refractivity contribution >= 4 is 75.6 Å². The highest BCUT2D eigenvalue weighted by Gasteiger charge is 2.26. The fourth-order valence-electron chi connectivity index (χ4n) is 7.66. The van der Waals surface area contributed by atoms with Gasteiger partial charge in [0, 0.05) is 55.2 Å². The summed E-state index contributed by atoms with van der Waals surface area (Å²) in [7, 11) is -8.15. The van der Waals surface area contributed by atoms with E-state index in [0.717, 1.165) is 33.0 Å². The second kappa shape index (κ2) is 13.9. The van der Waals surface area contributed by atoms with Crippen LogP contribution in [0.2, 0.25) is 0 Å². The molecule has 9 aromatic rings. The van der Waals surface area contributed by atoms with E-state index in [0.29, 0.717) is 61.9 Å². The Morgan fingerprint density at radius 3 is 1.27 bits per heavy atom. The third-order valence-electron chi connectivity index (χ3n) is 10.8. The number of hydrogen-bond donors (Lipinski definition) is 4. The number of H-pyrrole nitrogens is 2. The molecule has 0 atom stereocenters. The molecule has 4 N–H and O–H groups in total. The molecular weight excluding hydrogens is 821 g/mol. The molecule has 0 amide bonds. The highest BCUT2D eigenvalue weighted by molar-refractivity contribution is 7.93. The number of fused-ring (bicyclic) bond motifs is 20. The van der Waals surface area contributed by atoms with Crippen molar-refractivity contribution in [3.05, 3.63) is 145 Å². The lowest BCUT2D eigenvalue weighted by molar-refractivity contribution is 0.599. The van der Waals surface area contributed by atoms with Crippen molar-refractivity contribution in [1.29, 1.82) is 0 Å². The quantitative estimate of drug-likeness (QED) is 0.125. The zero-order chi connectivity index (χ0) is 42.3. The molecule has 3 aromatic heterocycles. The number of hydrogen-bond acceptors (Lipinski definition) is 10. The second-order valence-corrected chi connectivity index (χ2v) is 18.4. The summed E-state index contributed by atoms with van der Waals surface area (Å²) < 4.78 is 60.8. The van der Waals surface area contributed by atoms with Crippen LogP contribution in [-0.2, 0) is 20.0 Å². The van der Waals surface area contributed by atoms with Gasteiger partial charge in [0.25, 0.3) is 20.0 Å². The van der Waals surface area contributed by atoms with Crippen LogP contribution in [0.1, 0.15) is 11.1 Å². The Labute approximate surface area is 354 Å². The first kappa shape index (κ1) is 37.2. The molecule has 0 saturated carbocycles. The second-order valence-electron chi connectivity index (χ2n) is 15.1. The molecule has 8 bridgehead atoms. The van der Waals surface area contributed by atoms with E-state index in [1.165, 1.54) is 24.3 Å². The number of sulfonamides is 2. The number of benzene rings is 6. The van der Waals surface area contributed by atoms with E-state index < -0.39 is 20.0 Å². The van der Waals surface area contributed by atoms with Crippen molar-refractivity contribution in [3.63, 3.8) is 0 Å². The molecule has 0 unspecified atom stereocenters. The summed E-state index contributed by atoms with van der Waals surface area (Å²) in [5, 5.41) is 2.55. The molecular formula is C46H32N10O4S2. The zero-order valence-corrected chi connectivity index (χ0v) is 34.5. The maximum Gasteiger partial charge on any atom is 0.261 e. The topological polar surface area (TPSA) is 201 Å². The van der Waals surface area contributed by atoms with Crippen LogP contribution in [-0.4, -0.2) is 56.7 Å². The van der Waals surface area contributed by atoms with Crippen LogP contribution in [0, 0.1) is 13.8 Å². The first-order valence-corrected chi connectivity index (χ1v) is 22.4. The van der Waals surface area contributed by atoms with Gasteiger partial charge in [-0.25, -0.2) is 46.7 Å². The Morgan fingerprint density at radius 2 is 0.774 bits per heavy atom. The van der Waals surface area contributed by atoms with E-state index in [4.69, 9.17) is 29.9 Å². The predicted molar refractivity (Wildman–Crippen MR) is 240 cm³/mol. The number of aromatic nitrogens is 8. The number of nitrogens with one attached hydrogen (secondary N) is 4. The first-order chi connectivity index (χ1) is 30.0. The third kappa shape index (κ3) is 6.40. The number of rotatable bonds is 6. The van der Waals surface area contributed by atoms with Gasteiger partial charge in [-0.05, 0) is 74.5 Å². The van der Waals surface area contributed by atoms with Crippen LogP contribution in [0.5, 0.6) is 0 Å². The van der Waals surface area contributed by atoms with Crippen molar-refractivity contribution in [1.82, 2.24) is 39.9 Å². The van der Waals surface area contributed by atoms with Crippen molar-refractivity contribution in [2.75, 3.05) is 9.44 Å². The van der Waals surface area contributed by atoms with Gasteiger partial charge >= 0.3 is 0 Å². The molecule has 62 heavy (non-hydrogen) atoms. The fraction of sp³-hybridized carbons (Fsp3) is 0.0435. The molecule has 11 rings (SSSR count). The number of aryl methyl sites for hydroxylation is 2. The molecule has 6 aromatic carbocycles.